The Hall–Kier alpha value is -1.64. The molecular formula is C16H21BrN4O3. The molecule has 2 aromatic heterocycles. The van der Waals surface area contributed by atoms with Crippen molar-refractivity contribution in [3.05, 3.63) is 28.5 Å². The van der Waals surface area contributed by atoms with Gasteiger partial charge in [-0.2, -0.15) is 0 Å². The third-order valence-corrected chi connectivity index (χ3v) is 4.21. The SMILES string of the molecule is CCNC(=O)Nc1cn2c(COC3CCCCO3)cc(Br)cc2n1. The third-order valence-electron chi connectivity index (χ3n) is 3.75. The van der Waals surface area contributed by atoms with Gasteiger partial charge in [-0.25, -0.2) is 9.78 Å². The second-order valence-corrected chi connectivity index (χ2v) is 6.53. The molecule has 7 nitrogen and oxygen atoms in total. The molecule has 3 heterocycles. The van der Waals surface area contributed by atoms with Gasteiger partial charge in [0.05, 0.1) is 18.5 Å². The van der Waals surface area contributed by atoms with Crippen LogP contribution in [-0.4, -0.2) is 34.9 Å². The van der Waals surface area contributed by atoms with Gasteiger partial charge in [0.2, 0.25) is 0 Å². The van der Waals surface area contributed by atoms with Crippen molar-refractivity contribution in [3.8, 4) is 0 Å². The number of amides is 2. The Kier molecular flexibility index (Phi) is 5.70. The molecule has 1 atom stereocenters. The van der Waals surface area contributed by atoms with Crippen LogP contribution in [0.4, 0.5) is 10.6 Å². The second-order valence-electron chi connectivity index (χ2n) is 5.61. The number of imidazole rings is 1. The Morgan fingerprint density at radius 1 is 1.50 bits per heavy atom. The summed E-state index contributed by atoms with van der Waals surface area (Å²) in [5.41, 5.74) is 1.67. The van der Waals surface area contributed by atoms with E-state index in [0.717, 1.165) is 41.7 Å². The molecule has 1 aliphatic rings. The van der Waals surface area contributed by atoms with Crippen LogP contribution in [0.5, 0.6) is 0 Å². The monoisotopic (exact) mass is 396 g/mol. The molecule has 130 valence electrons. The highest BCUT2D eigenvalue weighted by Crippen LogP contribution is 2.21. The fourth-order valence-corrected chi connectivity index (χ4v) is 3.10. The summed E-state index contributed by atoms with van der Waals surface area (Å²) in [4.78, 5) is 16.1. The first-order valence-corrected chi connectivity index (χ1v) is 8.90. The van der Waals surface area contributed by atoms with Gasteiger partial charge in [-0.1, -0.05) is 15.9 Å². The van der Waals surface area contributed by atoms with Crippen LogP contribution < -0.4 is 10.6 Å². The molecule has 2 N–H and O–H groups in total. The number of hydrogen-bond donors (Lipinski definition) is 2. The molecule has 0 spiro atoms. The molecular weight excluding hydrogens is 376 g/mol. The summed E-state index contributed by atoms with van der Waals surface area (Å²) in [6.07, 6.45) is 4.79. The van der Waals surface area contributed by atoms with Crippen LogP contribution in [0.2, 0.25) is 0 Å². The first kappa shape index (κ1) is 17.2. The number of urea groups is 1. The Labute approximate surface area is 148 Å². The van der Waals surface area contributed by atoms with Crippen LogP contribution in [-0.2, 0) is 16.1 Å². The molecule has 0 saturated carbocycles. The summed E-state index contributed by atoms with van der Waals surface area (Å²) in [7, 11) is 0. The van der Waals surface area contributed by atoms with Crippen molar-refractivity contribution >= 4 is 33.4 Å². The molecule has 0 aliphatic carbocycles. The molecule has 1 aliphatic heterocycles. The highest BCUT2D eigenvalue weighted by molar-refractivity contribution is 9.10. The highest BCUT2D eigenvalue weighted by atomic mass is 79.9. The average Bonchev–Trinajstić information content (AvgIpc) is 2.95. The van der Waals surface area contributed by atoms with E-state index in [1.165, 1.54) is 0 Å². The molecule has 0 aromatic carbocycles. The standard InChI is InChI=1S/C16H21BrN4O3/c1-2-18-16(22)20-13-9-21-12(7-11(17)8-14(21)19-13)10-24-15-5-3-4-6-23-15/h7-9,15H,2-6,10H2,1H3,(H2,18,20,22). The minimum atomic E-state index is -0.270. The van der Waals surface area contributed by atoms with Gasteiger partial charge < -0.3 is 14.8 Å². The van der Waals surface area contributed by atoms with E-state index in [1.807, 2.05) is 23.5 Å². The number of nitrogens with one attached hydrogen (secondary N) is 2. The fraction of sp³-hybridized carbons (Fsp3) is 0.500. The lowest BCUT2D eigenvalue weighted by Crippen LogP contribution is -2.28. The lowest BCUT2D eigenvalue weighted by Gasteiger charge is -2.22. The lowest BCUT2D eigenvalue weighted by atomic mass is 10.2. The summed E-state index contributed by atoms with van der Waals surface area (Å²) >= 11 is 3.49. The molecule has 3 rings (SSSR count). The number of carbonyl (C=O) groups excluding carboxylic acids is 1. The molecule has 1 saturated heterocycles. The second kappa shape index (κ2) is 7.96. The number of nitrogens with zero attached hydrogens (tertiary/aromatic N) is 2. The van der Waals surface area contributed by atoms with Gasteiger partial charge in [0, 0.05) is 17.6 Å². The average molecular weight is 397 g/mol. The maximum Gasteiger partial charge on any atom is 0.320 e. The fourth-order valence-electron chi connectivity index (χ4n) is 2.63. The van der Waals surface area contributed by atoms with Gasteiger partial charge in [-0.15, -0.1) is 0 Å². The van der Waals surface area contributed by atoms with Gasteiger partial charge in [-0.3, -0.25) is 9.72 Å². The van der Waals surface area contributed by atoms with Crippen molar-refractivity contribution in [1.29, 1.82) is 0 Å². The van der Waals surface area contributed by atoms with E-state index in [4.69, 9.17) is 9.47 Å². The summed E-state index contributed by atoms with van der Waals surface area (Å²) in [6.45, 7) is 3.59. The number of halogens is 1. The van der Waals surface area contributed by atoms with Crippen molar-refractivity contribution < 1.29 is 14.3 Å². The van der Waals surface area contributed by atoms with Crippen LogP contribution >= 0.6 is 15.9 Å². The van der Waals surface area contributed by atoms with Gasteiger partial charge >= 0.3 is 6.03 Å². The molecule has 8 heteroatoms. The lowest BCUT2D eigenvalue weighted by molar-refractivity contribution is -0.169. The Bertz CT molecular complexity index is 713. The zero-order valence-corrected chi connectivity index (χ0v) is 15.1. The number of anilines is 1. The summed E-state index contributed by atoms with van der Waals surface area (Å²) in [6, 6.07) is 3.60. The summed E-state index contributed by atoms with van der Waals surface area (Å²) in [5, 5.41) is 5.40. The number of rotatable bonds is 5. The summed E-state index contributed by atoms with van der Waals surface area (Å²) in [5.74, 6) is 0.495. The quantitative estimate of drug-likeness (QED) is 0.812. The van der Waals surface area contributed by atoms with Gasteiger partial charge in [-0.05, 0) is 38.3 Å². The topological polar surface area (TPSA) is 76.9 Å². The largest absolute Gasteiger partial charge is 0.353 e. The molecule has 2 aromatic rings. The first-order chi connectivity index (χ1) is 11.7. The van der Waals surface area contributed by atoms with E-state index in [-0.39, 0.29) is 12.3 Å². The van der Waals surface area contributed by atoms with Crippen molar-refractivity contribution in [2.24, 2.45) is 0 Å². The first-order valence-electron chi connectivity index (χ1n) is 8.11. The van der Waals surface area contributed by atoms with Crippen molar-refractivity contribution in [2.45, 2.75) is 39.1 Å². The Balaban J connectivity index is 1.76. The normalized spacial score (nSPS) is 17.8. The number of ether oxygens (including phenoxy) is 2. The van der Waals surface area contributed by atoms with E-state index >= 15 is 0 Å². The zero-order valence-electron chi connectivity index (χ0n) is 13.5. The van der Waals surface area contributed by atoms with Gasteiger partial charge in [0.1, 0.15) is 5.65 Å². The molecule has 1 fully saturated rings. The molecule has 24 heavy (non-hydrogen) atoms. The minimum Gasteiger partial charge on any atom is -0.353 e. The smallest absolute Gasteiger partial charge is 0.320 e. The predicted octanol–water partition coefficient (Wildman–Crippen LogP) is 3.28. The van der Waals surface area contributed by atoms with Crippen LogP contribution in [0.1, 0.15) is 31.9 Å². The Morgan fingerprint density at radius 3 is 3.12 bits per heavy atom. The van der Waals surface area contributed by atoms with Crippen LogP contribution in [0.15, 0.2) is 22.8 Å². The van der Waals surface area contributed by atoms with Crippen LogP contribution in [0.25, 0.3) is 5.65 Å². The van der Waals surface area contributed by atoms with E-state index in [0.29, 0.717) is 19.0 Å². The number of hydrogen-bond acceptors (Lipinski definition) is 4. The van der Waals surface area contributed by atoms with E-state index in [9.17, 15) is 4.79 Å². The van der Waals surface area contributed by atoms with Gasteiger partial charge in [0.15, 0.2) is 12.1 Å². The Morgan fingerprint density at radius 2 is 2.38 bits per heavy atom. The summed E-state index contributed by atoms with van der Waals surface area (Å²) < 4.78 is 14.3. The number of carbonyl (C=O) groups is 1. The maximum absolute atomic E-state index is 11.7. The molecule has 2 amide bonds. The van der Waals surface area contributed by atoms with Crippen molar-refractivity contribution in [3.63, 3.8) is 0 Å². The van der Waals surface area contributed by atoms with Crippen molar-refractivity contribution in [2.75, 3.05) is 18.5 Å². The molecule has 0 radical (unpaired) electrons. The van der Waals surface area contributed by atoms with E-state index < -0.39 is 0 Å². The van der Waals surface area contributed by atoms with Crippen LogP contribution in [0.3, 0.4) is 0 Å². The molecule has 0 bridgehead atoms. The minimum absolute atomic E-state index is 0.149. The predicted molar refractivity (Wildman–Crippen MR) is 94.0 cm³/mol. The van der Waals surface area contributed by atoms with Crippen LogP contribution in [0, 0.1) is 0 Å². The van der Waals surface area contributed by atoms with E-state index in [2.05, 4.69) is 31.5 Å². The number of pyridine rings is 1. The van der Waals surface area contributed by atoms with Crippen molar-refractivity contribution in [1.82, 2.24) is 14.7 Å². The number of aromatic nitrogens is 2. The van der Waals surface area contributed by atoms with Gasteiger partial charge in [0.25, 0.3) is 0 Å². The molecule has 1 unspecified atom stereocenters. The maximum atomic E-state index is 11.7. The highest BCUT2D eigenvalue weighted by Gasteiger charge is 2.16. The number of fused-ring (bicyclic) bond motifs is 1. The zero-order chi connectivity index (χ0) is 16.9. The van der Waals surface area contributed by atoms with E-state index in [1.54, 1.807) is 6.20 Å². The third kappa shape index (κ3) is 4.25.